The summed E-state index contributed by atoms with van der Waals surface area (Å²) < 4.78 is 0. The van der Waals surface area contributed by atoms with Crippen LogP contribution in [0.2, 0.25) is 0 Å². The summed E-state index contributed by atoms with van der Waals surface area (Å²) in [7, 11) is 3.97. The van der Waals surface area contributed by atoms with Crippen LogP contribution in [0.1, 0.15) is 68.2 Å². The molecular formula is C29H40N4O2. The van der Waals surface area contributed by atoms with Crippen LogP contribution in [-0.4, -0.2) is 67.4 Å². The fraction of sp³-hybridized carbons (Fsp3) is 0.517. The van der Waals surface area contributed by atoms with Gasteiger partial charge in [-0.1, -0.05) is 31.4 Å². The maximum Gasteiger partial charge on any atom is 0.255 e. The van der Waals surface area contributed by atoms with Gasteiger partial charge in [0.1, 0.15) is 0 Å². The first-order valence-corrected chi connectivity index (χ1v) is 13.2. The number of likely N-dealkylation sites (tertiary alicyclic amines) is 1. The molecule has 2 atom stereocenters. The van der Waals surface area contributed by atoms with E-state index in [0.29, 0.717) is 11.5 Å². The lowest BCUT2D eigenvalue weighted by Gasteiger charge is -2.26. The Balaban J connectivity index is 0.00000304. The van der Waals surface area contributed by atoms with Crippen LogP contribution < -0.4 is 10.2 Å². The molecule has 1 aliphatic carbocycles. The van der Waals surface area contributed by atoms with Crippen LogP contribution in [0.3, 0.4) is 0 Å². The number of rotatable bonds is 6. The number of anilines is 2. The highest BCUT2D eigenvalue weighted by Gasteiger charge is 2.39. The Morgan fingerprint density at radius 3 is 2.29 bits per heavy atom. The zero-order valence-electron chi connectivity index (χ0n) is 21.1. The zero-order chi connectivity index (χ0) is 24.4. The molecule has 3 fully saturated rings. The van der Waals surface area contributed by atoms with Crippen molar-refractivity contribution in [2.75, 3.05) is 43.9 Å². The van der Waals surface area contributed by atoms with E-state index in [1.165, 1.54) is 37.7 Å². The average molecular weight is 477 g/mol. The molecule has 2 aromatic rings. The van der Waals surface area contributed by atoms with Gasteiger partial charge in [0.15, 0.2) is 0 Å². The summed E-state index contributed by atoms with van der Waals surface area (Å²) in [4.78, 5) is 32.0. The summed E-state index contributed by atoms with van der Waals surface area (Å²) >= 11 is 0. The predicted molar refractivity (Wildman–Crippen MR) is 143 cm³/mol. The molecule has 2 saturated heterocycles. The number of carbonyl (C=O) groups is 2. The van der Waals surface area contributed by atoms with Crippen LogP contribution >= 0.6 is 0 Å². The number of amides is 2. The SMILES string of the molecule is CN(C)C1CCN(C2CCN(c3ccc(NC(=O)c4ccc(C5CCCCC5)cc4)cc3)C2)C1=O.[HH]. The molecule has 2 heterocycles. The molecule has 35 heavy (non-hydrogen) atoms. The molecule has 0 spiro atoms. The van der Waals surface area contributed by atoms with Crippen LogP contribution in [0.4, 0.5) is 11.4 Å². The van der Waals surface area contributed by atoms with E-state index in [1.54, 1.807) is 0 Å². The average Bonchev–Trinajstić information content (AvgIpc) is 3.52. The standard InChI is InChI=1S/C29H38N4O2.H2/c1-31(2)27-17-19-33(29(27)35)26-16-18-32(20-26)25-14-12-24(13-15-25)30-28(34)23-10-8-22(9-11-23)21-6-4-3-5-7-21;/h8-15,21,26-27H,3-7,16-20H2,1-2H3,(H,30,34);1H. The largest absolute Gasteiger partial charge is 0.369 e. The van der Waals surface area contributed by atoms with Gasteiger partial charge in [0, 0.05) is 38.0 Å². The fourth-order valence-electron chi connectivity index (χ4n) is 6.06. The zero-order valence-corrected chi connectivity index (χ0v) is 21.1. The van der Waals surface area contributed by atoms with Gasteiger partial charge < -0.3 is 15.1 Å². The molecule has 0 aromatic heterocycles. The minimum atomic E-state index is -0.0721. The van der Waals surface area contributed by atoms with Crippen molar-refractivity contribution in [1.29, 1.82) is 0 Å². The predicted octanol–water partition coefficient (Wildman–Crippen LogP) is 4.97. The van der Waals surface area contributed by atoms with Crippen molar-refractivity contribution in [2.24, 2.45) is 0 Å². The molecule has 1 saturated carbocycles. The van der Waals surface area contributed by atoms with Crippen LogP contribution in [0.5, 0.6) is 0 Å². The monoisotopic (exact) mass is 476 g/mol. The van der Waals surface area contributed by atoms with Gasteiger partial charge in [0.2, 0.25) is 5.91 Å². The van der Waals surface area contributed by atoms with Gasteiger partial charge in [0.25, 0.3) is 5.91 Å². The molecular weight excluding hydrogens is 436 g/mol. The minimum Gasteiger partial charge on any atom is -0.369 e. The summed E-state index contributed by atoms with van der Waals surface area (Å²) in [5.41, 5.74) is 4.00. The van der Waals surface area contributed by atoms with Gasteiger partial charge in [-0.15, -0.1) is 0 Å². The molecule has 2 unspecified atom stereocenters. The lowest BCUT2D eigenvalue weighted by molar-refractivity contribution is -0.133. The molecule has 1 N–H and O–H groups in total. The Bertz CT molecular complexity index is 1030. The van der Waals surface area contributed by atoms with Gasteiger partial charge in [0.05, 0.1) is 12.1 Å². The maximum absolute atomic E-state index is 12.8. The third kappa shape index (κ3) is 5.22. The van der Waals surface area contributed by atoms with E-state index in [-0.39, 0.29) is 25.3 Å². The van der Waals surface area contributed by atoms with Crippen molar-refractivity contribution >= 4 is 23.2 Å². The number of hydrogen-bond donors (Lipinski definition) is 1. The summed E-state index contributed by atoms with van der Waals surface area (Å²) in [6, 6.07) is 16.6. The Hall–Kier alpha value is -2.86. The molecule has 2 amide bonds. The van der Waals surface area contributed by atoms with Crippen molar-refractivity contribution < 1.29 is 11.0 Å². The molecule has 2 aliphatic heterocycles. The second-order valence-electron chi connectivity index (χ2n) is 10.6. The van der Waals surface area contributed by atoms with Crippen molar-refractivity contribution in [3.63, 3.8) is 0 Å². The van der Waals surface area contributed by atoms with Crippen molar-refractivity contribution in [2.45, 2.75) is 62.9 Å². The van der Waals surface area contributed by atoms with E-state index in [4.69, 9.17) is 0 Å². The van der Waals surface area contributed by atoms with Crippen molar-refractivity contribution in [3.8, 4) is 0 Å². The number of carbonyl (C=O) groups excluding carboxylic acids is 2. The van der Waals surface area contributed by atoms with Gasteiger partial charge in [-0.3, -0.25) is 14.5 Å². The summed E-state index contributed by atoms with van der Waals surface area (Å²) in [6.07, 6.45) is 8.43. The highest BCUT2D eigenvalue weighted by molar-refractivity contribution is 6.04. The van der Waals surface area contributed by atoms with Crippen molar-refractivity contribution in [3.05, 3.63) is 59.7 Å². The smallest absolute Gasteiger partial charge is 0.255 e. The Morgan fingerprint density at radius 1 is 0.914 bits per heavy atom. The summed E-state index contributed by atoms with van der Waals surface area (Å²) in [5, 5.41) is 3.03. The highest BCUT2D eigenvalue weighted by atomic mass is 16.2. The Morgan fingerprint density at radius 2 is 1.63 bits per heavy atom. The molecule has 6 heteroatoms. The van der Waals surface area contributed by atoms with Crippen LogP contribution in [0.15, 0.2) is 48.5 Å². The molecule has 0 radical (unpaired) electrons. The van der Waals surface area contributed by atoms with E-state index in [9.17, 15) is 9.59 Å². The molecule has 3 aliphatic rings. The first-order chi connectivity index (χ1) is 17.0. The lowest BCUT2D eigenvalue weighted by atomic mass is 9.84. The van der Waals surface area contributed by atoms with E-state index in [1.807, 2.05) is 43.3 Å². The maximum atomic E-state index is 12.8. The normalized spacial score (nSPS) is 23.3. The Kier molecular flexibility index (Phi) is 7.09. The minimum absolute atomic E-state index is 0. The fourth-order valence-corrected chi connectivity index (χ4v) is 6.06. The number of nitrogens with zero attached hydrogens (tertiary/aromatic N) is 3. The van der Waals surface area contributed by atoms with Crippen LogP contribution in [0, 0.1) is 0 Å². The quantitative estimate of drug-likeness (QED) is 0.639. The van der Waals surface area contributed by atoms with Crippen molar-refractivity contribution in [1.82, 2.24) is 9.80 Å². The van der Waals surface area contributed by atoms with Crippen LogP contribution in [0.25, 0.3) is 0 Å². The van der Waals surface area contributed by atoms with E-state index in [2.05, 4.69) is 39.4 Å². The number of nitrogens with one attached hydrogen (secondary N) is 1. The highest BCUT2D eigenvalue weighted by Crippen LogP contribution is 2.33. The molecule has 2 aromatic carbocycles. The first-order valence-electron chi connectivity index (χ1n) is 13.2. The number of hydrogen-bond acceptors (Lipinski definition) is 4. The Labute approximate surface area is 210 Å². The molecule has 5 rings (SSSR count). The van der Waals surface area contributed by atoms with E-state index in [0.717, 1.165) is 43.9 Å². The van der Waals surface area contributed by atoms with Crippen LogP contribution in [-0.2, 0) is 4.79 Å². The van der Waals surface area contributed by atoms with E-state index >= 15 is 0 Å². The lowest BCUT2D eigenvalue weighted by Crippen LogP contribution is -2.43. The second kappa shape index (κ2) is 10.4. The third-order valence-corrected chi connectivity index (χ3v) is 8.18. The second-order valence-corrected chi connectivity index (χ2v) is 10.6. The molecule has 6 nitrogen and oxygen atoms in total. The summed E-state index contributed by atoms with van der Waals surface area (Å²) in [5.74, 6) is 0.848. The number of likely N-dealkylation sites (N-methyl/N-ethyl adjacent to an activating group) is 1. The first kappa shape index (κ1) is 23.9. The number of benzene rings is 2. The molecule has 0 bridgehead atoms. The van der Waals surface area contributed by atoms with E-state index < -0.39 is 0 Å². The topological polar surface area (TPSA) is 55.9 Å². The third-order valence-electron chi connectivity index (χ3n) is 8.18. The van der Waals surface area contributed by atoms with Gasteiger partial charge >= 0.3 is 0 Å². The summed E-state index contributed by atoms with van der Waals surface area (Å²) in [6.45, 7) is 2.66. The van der Waals surface area contributed by atoms with Gasteiger partial charge in [-0.25, -0.2) is 0 Å². The van der Waals surface area contributed by atoms with Gasteiger partial charge in [-0.05, 0) is 87.7 Å². The molecule has 188 valence electrons. The van der Waals surface area contributed by atoms with Gasteiger partial charge in [-0.2, -0.15) is 0 Å².